The van der Waals surface area contributed by atoms with E-state index in [4.69, 9.17) is 27.9 Å². The zero-order valence-corrected chi connectivity index (χ0v) is 10.3. The largest absolute Gasteiger partial charge is 0.384 e. The van der Waals surface area contributed by atoms with Crippen LogP contribution >= 0.6 is 11.6 Å². The number of benzene rings is 1. The Morgan fingerprint density at radius 1 is 1.16 bits per heavy atom. The minimum atomic E-state index is -0.645. The van der Waals surface area contributed by atoms with Gasteiger partial charge in [0.05, 0.1) is 0 Å². The van der Waals surface area contributed by atoms with E-state index in [1.807, 2.05) is 6.07 Å². The van der Waals surface area contributed by atoms with Crippen LogP contribution in [0.15, 0.2) is 29.1 Å². The van der Waals surface area contributed by atoms with Gasteiger partial charge in [0.25, 0.3) is 5.56 Å². The molecule has 0 saturated carbocycles. The molecule has 19 heavy (non-hydrogen) atoms. The number of aromatic nitrogens is 1. The number of nitriles is 2. The molecular formula is C13H7ClN4O. The Bertz CT molecular complexity index is 796. The summed E-state index contributed by atoms with van der Waals surface area (Å²) in [6.45, 7) is 0. The molecule has 92 valence electrons. The second-order valence-electron chi connectivity index (χ2n) is 3.70. The van der Waals surface area contributed by atoms with E-state index in [2.05, 4.69) is 4.98 Å². The Balaban J connectivity index is 2.99. The van der Waals surface area contributed by atoms with Crippen LogP contribution < -0.4 is 11.3 Å². The van der Waals surface area contributed by atoms with Gasteiger partial charge in [0.15, 0.2) is 0 Å². The van der Waals surface area contributed by atoms with Crippen molar-refractivity contribution >= 4 is 17.4 Å². The van der Waals surface area contributed by atoms with Gasteiger partial charge < -0.3 is 10.7 Å². The number of rotatable bonds is 1. The molecule has 0 unspecified atom stereocenters. The molecule has 0 saturated heterocycles. The lowest BCUT2D eigenvalue weighted by molar-refractivity contribution is 1.21. The fourth-order valence-electron chi connectivity index (χ4n) is 1.78. The van der Waals surface area contributed by atoms with Crippen LogP contribution in [0.3, 0.4) is 0 Å². The van der Waals surface area contributed by atoms with Crippen LogP contribution in [0.25, 0.3) is 11.1 Å². The van der Waals surface area contributed by atoms with Gasteiger partial charge in [-0.2, -0.15) is 10.5 Å². The topological polar surface area (TPSA) is 106 Å². The molecule has 6 heteroatoms. The van der Waals surface area contributed by atoms with Crippen LogP contribution in [0.4, 0.5) is 5.82 Å². The third-order valence-corrected chi connectivity index (χ3v) is 2.94. The van der Waals surface area contributed by atoms with Crippen LogP contribution in [0.2, 0.25) is 5.02 Å². The second-order valence-corrected chi connectivity index (χ2v) is 4.10. The normalized spacial score (nSPS) is 9.63. The minimum Gasteiger partial charge on any atom is -0.384 e. The minimum absolute atomic E-state index is 0.0317. The Morgan fingerprint density at radius 2 is 1.79 bits per heavy atom. The van der Waals surface area contributed by atoms with E-state index in [0.717, 1.165) is 0 Å². The van der Waals surface area contributed by atoms with Crippen molar-refractivity contribution in [2.45, 2.75) is 0 Å². The monoisotopic (exact) mass is 270 g/mol. The van der Waals surface area contributed by atoms with Crippen molar-refractivity contribution in [3.63, 3.8) is 0 Å². The molecular weight excluding hydrogens is 264 g/mol. The third kappa shape index (κ3) is 2.03. The highest BCUT2D eigenvalue weighted by Crippen LogP contribution is 2.32. The number of hydrogen-bond donors (Lipinski definition) is 2. The molecule has 0 aliphatic heterocycles. The van der Waals surface area contributed by atoms with E-state index in [1.54, 1.807) is 30.3 Å². The standard InChI is InChI=1S/C13H7ClN4O/c14-10-4-2-1-3-7(10)11-8(5-15)12(17)18-13(19)9(11)6-16/h1-4H,(H3,17,18,19). The first kappa shape index (κ1) is 12.7. The number of halogens is 1. The molecule has 2 rings (SSSR count). The fraction of sp³-hybridized carbons (Fsp3) is 0. The number of H-pyrrole nitrogens is 1. The maximum absolute atomic E-state index is 11.7. The number of hydrogen-bond acceptors (Lipinski definition) is 4. The highest BCUT2D eigenvalue weighted by Gasteiger charge is 2.19. The highest BCUT2D eigenvalue weighted by molar-refractivity contribution is 6.33. The van der Waals surface area contributed by atoms with Crippen LogP contribution in [-0.4, -0.2) is 4.98 Å². The van der Waals surface area contributed by atoms with Crippen molar-refractivity contribution in [1.29, 1.82) is 10.5 Å². The first-order valence-corrected chi connectivity index (χ1v) is 5.58. The average molecular weight is 271 g/mol. The Morgan fingerprint density at radius 3 is 2.37 bits per heavy atom. The summed E-state index contributed by atoms with van der Waals surface area (Å²) in [5.41, 5.74) is 5.41. The number of nitrogen functional groups attached to an aromatic ring is 1. The maximum Gasteiger partial charge on any atom is 0.268 e. The lowest BCUT2D eigenvalue weighted by atomic mass is 9.97. The molecule has 0 aliphatic carbocycles. The van der Waals surface area contributed by atoms with Gasteiger partial charge in [-0.05, 0) is 6.07 Å². The molecule has 0 amide bonds. The maximum atomic E-state index is 11.7. The summed E-state index contributed by atoms with van der Waals surface area (Å²) in [6.07, 6.45) is 0. The molecule has 1 heterocycles. The molecule has 1 aromatic heterocycles. The lowest BCUT2D eigenvalue weighted by Crippen LogP contribution is -2.16. The van der Waals surface area contributed by atoms with Crippen LogP contribution in [0.5, 0.6) is 0 Å². The van der Waals surface area contributed by atoms with Crippen molar-refractivity contribution in [3.8, 4) is 23.3 Å². The van der Waals surface area contributed by atoms with Gasteiger partial charge in [-0.1, -0.05) is 29.8 Å². The molecule has 0 fully saturated rings. The summed E-state index contributed by atoms with van der Waals surface area (Å²) in [4.78, 5) is 14.0. The van der Waals surface area contributed by atoms with Crippen molar-refractivity contribution in [2.75, 3.05) is 5.73 Å². The van der Waals surface area contributed by atoms with E-state index in [9.17, 15) is 4.79 Å². The van der Waals surface area contributed by atoms with E-state index in [1.165, 1.54) is 0 Å². The summed E-state index contributed by atoms with van der Waals surface area (Å²) in [6, 6.07) is 10.3. The van der Waals surface area contributed by atoms with Gasteiger partial charge in [-0.15, -0.1) is 0 Å². The smallest absolute Gasteiger partial charge is 0.268 e. The van der Waals surface area contributed by atoms with Crippen molar-refractivity contribution < 1.29 is 0 Å². The van der Waals surface area contributed by atoms with Crippen molar-refractivity contribution in [2.24, 2.45) is 0 Å². The molecule has 0 radical (unpaired) electrons. The van der Waals surface area contributed by atoms with Gasteiger partial charge in [0.1, 0.15) is 29.1 Å². The number of aromatic amines is 1. The summed E-state index contributed by atoms with van der Waals surface area (Å²) < 4.78 is 0. The number of anilines is 1. The SMILES string of the molecule is N#Cc1c(N)[nH]c(=O)c(C#N)c1-c1ccccc1Cl. The Labute approximate surface area is 113 Å². The number of nitrogens with two attached hydrogens (primary N) is 1. The van der Waals surface area contributed by atoms with E-state index >= 15 is 0 Å². The zero-order valence-electron chi connectivity index (χ0n) is 9.57. The first-order chi connectivity index (χ1) is 9.10. The Hall–Kier alpha value is -2.76. The fourth-order valence-corrected chi connectivity index (χ4v) is 2.01. The van der Waals surface area contributed by atoms with E-state index in [0.29, 0.717) is 10.6 Å². The predicted molar refractivity (Wildman–Crippen MR) is 71.4 cm³/mol. The van der Waals surface area contributed by atoms with E-state index in [-0.39, 0.29) is 22.5 Å². The lowest BCUT2D eigenvalue weighted by Gasteiger charge is -2.09. The number of pyridine rings is 1. The molecule has 2 aromatic rings. The molecule has 0 spiro atoms. The van der Waals surface area contributed by atoms with Crippen molar-refractivity contribution in [1.82, 2.24) is 4.98 Å². The average Bonchev–Trinajstić information content (AvgIpc) is 2.38. The molecule has 5 nitrogen and oxygen atoms in total. The quantitative estimate of drug-likeness (QED) is 0.826. The number of nitrogens with zero attached hydrogens (tertiary/aromatic N) is 2. The highest BCUT2D eigenvalue weighted by atomic mass is 35.5. The summed E-state index contributed by atoms with van der Waals surface area (Å²) >= 11 is 6.05. The summed E-state index contributed by atoms with van der Waals surface area (Å²) in [5.74, 6) is -0.0820. The number of nitrogens with one attached hydrogen (secondary N) is 1. The van der Waals surface area contributed by atoms with E-state index < -0.39 is 5.56 Å². The van der Waals surface area contributed by atoms with Gasteiger partial charge >= 0.3 is 0 Å². The zero-order chi connectivity index (χ0) is 14.0. The molecule has 0 atom stereocenters. The molecule has 0 aliphatic rings. The van der Waals surface area contributed by atoms with Crippen LogP contribution in [-0.2, 0) is 0 Å². The van der Waals surface area contributed by atoms with Crippen LogP contribution in [0, 0.1) is 22.7 Å². The Kier molecular flexibility index (Phi) is 3.24. The van der Waals surface area contributed by atoms with Gasteiger partial charge in [-0.25, -0.2) is 0 Å². The molecule has 1 aromatic carbocycles. The second kappa shape index (κ2) is 4.85. The molecule has 3 N–H and O–H groups in total. The molecule has 0 bridgehead atoms. The van der Waals surface area contributed by atoms with Gasteiger partial charge in [0, 0.05) is 16.1 Å². The third-order valence-electron chi connectivity index (χ3n) is 2.61. The van der Waals surface area contributed by atoms with Gasteiger partial charge in [-0.3, -0.25) is 4.79 Å². The summed E-state index contributed by atoms with van der Waals surface area (Å²) in [5, 5.41) is 18.6. The predicted octanol–water partition coefficient (Wildman–Crippen LogP) is 2.02. The van der Waals surface area contributed by atoms with Gasteiger partial charge in [0.2, 0.25) is 0 Å². The first-order valence-electron chi connectivity index (χ1n) is 5.21. The van der Waals surface area contributed by atoms with Crippen LogP contribution in [0.1, 0.15) is 11.1 Å². The van der Waals surface area contributed by atoms with Crippen molar-refractivity contribution in [3.05, 3.63) is 50.8 Å². The summed E-state index contributed by atoms with van der Waals surface area (Å²) in [7, 11) is 0.